The van der Waals surface area contributed by atoms with Crippen molar-refractivity contribution >= 4 is 0 Å². The molecule has 2 heteroatoms. The maximum atomic E-state index is 8.70. The first-order chi connectivity index (χ1) is 5.88. The first-order valence-corrected chi connectivity index (χ1v) is 5.01. The Morgan fingerprint density at radius 3 is 2.75 bits per heavy atom. The fourth-order valence-electron chi connectivity index (χ4n) is 2.23. The van der Waals surface area contributed by atoms with Gasteiger partial charge in [-0.15, -0.1) is 0 Å². The Kier molecular flexibility index (Phi) is 2.32. The van der Waals surface area contributed by atoms with Crippen molar-refractivity contribution in [3.8, 4) is 6.07 Å². The van der Waals surface area contributed by atoms with Gasteiger partial charge in [-0.25, -0.2) is 0 Å². The molecule has 2 atom stereocenters. The molecule has 66 valence electrons. The van der Waals surface area contributed by atoms with Crippen LogP contribution < -0.4 is 5.32 Å². The fourth-order valence-corrected chi connectivity index (χ4v) is 2.23. The van der Waals surface area contributed by atoms with Crippen molar-refractivity contribution in [1.29, 1.82) is 5.26 Å². The lowest BCUT2D eigenvalue weighted by atomic mass is 9.80. The molecule has 0 bridgehead atoms. The van der Waals surface area contributed by atoms with Crippen LogP contribution >= 0.6 is 0 Å². The molecule has 1 N–H and O–H groups in total. The minimum absolute atomic E-state index is 0.287. The van der Waals surface area contributed by atoms with Gasteiger partial charge in [0, 0.05) is 12.6 Å². The Hall–Kier alpha value is -0.550. The van der Waals surface area contributed by atoms with Gasteiger partial charge in [-0.1, -0.05) is 19.3 Å². The van der Waals surface area contributed by atoms with Crippen LogP contribution in [0.25, 0.3) is 0 Å². The molecule has 2 aliphatic rings. The van der Waals surface area contributed by atoms with Crippen molar-refractivity contribution < 1.29 is 0 Å². The van der Waals surface area contributed by atoms with Crippen molar-refractivity contribution in [2.24, 2.45) is 11.8 Å². The third kappa shape index (κ3) is 1.61. The highest BCUT2D eigenvalue weighted by molar-refractivity contribution is 4.94. The van der Waals surface area contributed by atoms with Crippen molar-refractivity contribution in [1.82, 2.24) is 5.32 Å². The van der Waals surface area contributed by atoms with E-state index in [1.165, 1.54) is 25.7 Å². The lowest BCUT2D eigenvalue weighted by Gasteiger charge is -2.27. The zero-order chi connectivity index (χ0) is 8.39. The van der Waals surface area contributed by atoms with Crippen LogP contribution in [0.1, 0.15) is 32.1 Å². The fraction of sp³-hybridized carbons (Fsp3) is 0.900. The summed E-state index contributed by atoms with van der Waals surface area (Å²) < 4.78 is 0. The number of nitrogens with one attached hydrogen (secondary N) is 1. The largest absolute Gasteiger partial charge is 0.313 e. The molecule has 0 aromatic carbocycles. The number of hydrogen-bond acceptors (Lipinski definition) is 2. The molecule has 2 rings (SSSR count). The zero-order valence-electron chi connectivity index (χ0n) is 7.42. The summed E-state index contributed by atoms with van der Waals surface area (Å²) >= 11 is 0. The van der Waals surface area contributed by atoms with Gasteiger partial charge in [0.15, 0.2) is 0 Å². The molecule has 12 heavy (non-hydrogen) atoms. The first-order valence-electron chi connectivity index (χ1n) is 5.01. The molecule has 2 unspecified atom stereocenters. The van der Waals surface area contributed by atoms with E-state index in [0.717, 1.165) is 18.9 Å². The summed E-state index contributed by atoms with van der Waals surface area (Å²) in [5.74, 6) is 1.26. The maximum absolute atomic E-state index is 8.70. The molecule has 1 aliphatic carbocycles. The van der Waals surface area contributed by atoms with E-state index in [-0.39, 0.29) is 5.92 Å². The topological polar surface area (TPSA) is 35.8 Å². The van der Waals surface area contributed by atoms with Crippen LogP contribution in [0.15, 0.2) is 0 Å². The molecule has 2 nitrogen and oxygen atoms in total. The standard InChI is InChI=1S/C10H16N2/c11-6-9-5-10(12-7-9)4-8-2-1-3-8/h8-10,12H,1-5,7H2. The molecular weight excluding hydrogens is 148 g/mol. The van der Waals surface area contributed by atoms with Gasteiger partial charge < -0.3 is 5.32 Å². The van der Waals surface area contributed by atoms with Crippen LogP contribution in [0, 0.1) is 23.2 Å². The van der Waals surface area contributed by atoms with Gasteiger partial charge in [0.2, 0.25) is 0 Å². The van der Waals surface area contributed by atoms with Gasteiger partial charge in [0.25, 0.3) is 0 Å². The molecule has 0 spiro atoms. The summed E-state index contributed by atoms with van der Waals surface area (Å²) in [6.07, 6.45) is 6.69. The minimum atomic E-state index is 0.287. The third-order valence-electron chi connectivity index (χ3n) is 3.25. The second-order valence-electron chi connectivity index (χ2n) is 4.20. The second kappa shape index (κ2) is 3.45. The lowest BCUT2D eigenvalue weighted by molar-refractivity contribution is 0.268. The Labute approximate surface area is 74.0 Å². The number of nitriles is 1. The van der Waals surface area contributed by atoms with Gasteiger partial charge in [0.05, 0.1) is 12.0 Å². The van der Waals surface area contributed by atoms with Crippen molar-refractivity contribution in [3.05, 3.63) is 0 Å². The average molecular weight is 164 g/mol. The van der Waals surface area contributed by atoms with Crippen LogP contribution in [0.3, 0.4) is 0 Å². The minimum Gasteiger partial charge on any atom is -0.313 e. The Morgan fingerprint density at radius 2 is 2.25 bits per heavy atom. The summed E-state index contributed by atoms with van der Waals surface area (Å²) in [5, 5.41) is 12.1. The molecule has 1 saturated carbocycles. The van der Waals surface area contributed by atoms with Gasteiger partial charge in [-0.05, 0) is 18.8 Å². The normalized spacial score (nSPS) is 35.9. The van der Waals surface area contributed by atoms with Crippen LogP contribution in [0.5, 0.6) is 0 Å². The smallest absolute Gasteiger partial charge is 0.0669 e. The molecule has 1 aliphatic heterocycles. The second-order valence-corrected chi connectivity index (χ2v) is 4.20. The first kappa shape index (κ1) is 8.07. The van der Waals surface area contributed by atoms with Gasteiger partial charge >= 0.3 is 0 Å². The molecule has 0 aromatic rings. The van der Waals surface area contributed by atoms with Gasteiger partial charge in [0.1, 0.15) is 0 Å². The summed E-state index contributed by atoms with van der Waals surface area (Å²) in [6, 6.07) is 2.99. The number of rotatable bonds is 2. The summed E-state index contributed by atoms with van der Waals surface area (Å²) in [6.45, 7) is 0.924. The lowest BCUT2D eigenvalue weighted by Crippen LogP contribution is -2.26. The highest BCUT2D eigenvalue weighted by Gasteiger charge is 2.28. The maximum Gasteiger partial charge on any atom is 0.0669 e. The van der Waals surface area contributed by atoms with Crippen LogP contribution in [0.2, 0.25) is 0 Å². The molecular formula is C10H16N2. The van der Waals surface area contributed by atoms with Gasteiger partial charge in [-0.2, -0.15) is 5.26 Å². The quantitative estimate of drug-likeness (QED) is 0.674. The van der Waals surface area contributed by atoms with Crippen LogP contribution in [-0.2, 0) is 0 Å². The molecule has 1 heterocycles. The Balaban J connectivity index is 1.72. The number of hydrogen-bond donors (Lipinski definition) is 1. The summed E-state index contributed by atoms with van der Waals surface area (Å²) in [7, 11) is 0. The Bertz CT molecular complexity index is 191. The van der Waals surface area contributed by atoms with E-state index in [1.807, 2.05) is 0 Å². The molecule has 0 amide bonds. The predicted octanol–water partition coefficient (Wildman–Crippen LogP) is 1.68. The van der Waals surface area contributed by atoms with E-state index in [1.54, 1.807) is 0 Å². The summed E-state index contributed by atoms with van der Waals surface area (Å²) in [4.78, 5) is 0. The molecule has 1 saturated heterocycles. The van der Waals surface area contributed by atoms with E-state index < -0.39 is 0 Å². The van der Waals surface area contributed by atoms with E-state index in [2.05, 4.69) is 11.4 Å². The predicted molar refractivity (Wildman–Crippen MR) is 47.5 cm³/mol. The number of nitrogens with zero attached hydrogens (tertiary/aromatic N) is 1. The SMILES string of the molecule is N#CC1CNC(CC2CCC2)C1. The van der Waals surface area contributed by atoms with E-state index in [0.29, 0.717) is 6.04 Å². The monoisotopic (exact) mass is 164 g/mol. The molecule has 0 radical (unpaired) electrons. The van der Waals surface area contributed by atoms with Crippen molar-refractivity contribution in [3.63, 3.8) is 0 Å². The van der Waals surface area contributed by atoms with Gasteiger partial charge in [-0.3, -0.25) is 0 Å². The van der Waals surface area contributed by atoms with Crippen LogP contribution in [0.4, 0.5) is 0 Å². The summed E-state index contributed by atoms with van der Waals surface area (Å²) in [5.41, 5.74) is 0. The molecule has 2 fully saturated rings. The van der Waals surface area contributed by atoms with Crippen LogP contribution in [-0.4, -0.2) is 12.6 Å². The van der Waals surface area contributed by atoms with Crippen molar-refractivity contribution in [2.45, 2.75) is 38.1 Å². The van der Waals surface area contributed by atoms with Crippen molar-refractivity contribution in [2.75, 3.05) is 6.54 Å². The zero-order valence-corrected chi connectivity index (χ0v) is 7.42. The third-order valence-corrected chi connectivity index (χ3v) is 3.25. The van der Waals surface area contributed by atoms with E-state index in [9.17, 15) is 0 Å². The highest BCUT2D eigenvalue weighted by atomic mass is 14.9. The molecule has 0 aromatic heterocycles. The average Bonchev–Trinajstić information content (AvgIpc) is 2.44. The van der Waals surface area contributed by atoms with E-state index in [4.69, 9.17) is 5.26 Å². The van der Waals surface area contributed by atoms with E-state index >= 15 is 0 Å². The highest BCUT2D eigenvalue weighted by Crippen LogP contribution is 2.32. The Morgan fingerprint density at radius 1 is 1.42 bits per heavy atom.